The normalized spacial score (nSPS) is 16.8. The van der Waals surface area contributed by atoms with Crippen LogP contribution in [0.2, 0.25) is 0 Å². The Kier molecular flexibility index (Phi) is 1.12. The zero-order valence-corrected chi connectivity index (χ0v) is 5.63. The van der Waals surface area contributed by atoms with Crippen LogP contribution in [-0.4, -0.2) is 14.8 Å². The Balaban J connectivity index is 2.55. The van der Waals surface area contributed by atoms with Gasteiger partial charge < -0.3 is 0 Å². The van der Waals surface area contributed by atoms with Crippen molar-refractivity contribution in [1.82, 2.24) is 14.8 Å². The quantitative estimate of drug-likeness (QED) is 0.546. The van der Waals surface area contributed by atoms with Crippen molar-refractivity contribution in [3.63, 3.8) is 0 Å². The van der Waals surface area contributed by atoms with E-state index in [1.807, 2.05) is 0 Å². The highest BCUT2D eigenvalue weighted by Crippen LogP contribution is 2.07. The van der Waals surface area contributed by atoms with E-state index in [1.54, 1.807) is 4.57 Å². The SMILES string of the molecule is O=c1[nH]nc2n1CCCC2. The number of aryl methyl sites for hydroxylation is 1. The fourth-order valence-corrected chi connectivity index (χ4v) is 1.32. The van der Waals surface area contributed by atoms with Gasteiger partial charge in [-0.05, 0) is 12.8 Å². The Morgan fingerprint density at radius 1 is 1.50 bits per heavy atom. The Hall–Kier alpha value is -1.06. The van der Waals surface area contributed by atoms with Crippen LogP contribution in [0.1, 0.15) is 18.7 Å². The number of nitrogens with zero attached hydrogens (tertiary/aromatic N) is 2. The van der Waals surface area contributed by atoms with Crippen molar-refractivity contribution in [2.75, 3.05) is 0 Å². The standard InChI is InChI=1S/C6H9N3O/c10-6-8-7-5-3-1-2-4-9(5)6/h1-4H2,(H,8,10). The molecule has 0 unspecified atom stereocenters. The molecule has 2 heterocycles. The molecule has 4 nitrogen and oxygen atoms in total. The molecule has 10 heavy (non-hydrogen) atoms. The summed E-state index contributed by atoms with van der Waals surface area (Å²) in [5.41, 5.74) is -0.0605. The molecule has 0 fully saturated rings. The van der Waals surface area contributed by atoms with Crippen LogP contribution in [0.4, 0.5) is 0 Å². The molecule has 0 aromatic carbocycles. The van der Waals surface area contributed by atoms with Crippen molar-refractivity contribution in [3.05, 3.63) is 16.3 Å². The summed E-state index contributed by atoms with van der Waals surface area (Å²) in [6, 6.07) is 0. The molecule has 54 valence electrons. The number of hydrogen-bond acceptors (Lipinski definition) is 2. The summed E-state index contributed by atoms with van der Waals surface area (Å²) in [4.78, 5) is 10.9. The van der Waals surface area contributed by atoms with Gasteiger partial charge in [-0.2, -0.15) is 5.10 Å². The van der Waals surface area contributed by atoms with Gasteiger partial charge in [-0.15, -0.1) is 0 Å². The van der Waals surface area contributed by atoms with Gasteiger partial charge in [-0.1, -0.05) is 0 Å². The molecule has 1 aromatic heterocycles. The van der Waals surface area contributed by atoms with Crippen LogP contribution in [-0.2, 0) is 13.0 Å². The molecule has 1 aliphatic rings. The number of fused-ring (bicyclic) bond motifs is 1. The number of aromatic amines is 1. The lowest BCUT2D eigenvalue weighted by atomic mass is 10.2. The van der Waals surface area contributed by atoms with Crippen LogP contribution < -0.4 is 5.69 Å². The van der Waals surface area contributed by atoms with E-state index >= 15 is 0 Å². The number of nitrogens with one attached hydrogen (secondary N) is 1. The predicted octanol–water partition coefficient (Wildman–Crippen LogP) is -0.0923. The van der Waals surface area contributed by atoms with Crippen molar-refractivity contribution in [2.45, 2.75) is 25.8 Å². The topological polar surface area (TPSA) is 50.7 Å². The largest absolute Gasteiger partial charge is 0.343 e. The fourth-order valence-electron chi connectivity index (χ4n) is 1.32. The van der Waals surface area contributed by atoms with E-state index in [4.69, 9.17) is 0 Å². The highest BCUT2D eigenvalue weighted by atomic mass is 16.1. The van der Waals surface area contributed by atoms with Crippen molar-refractivity contribution >= 4 is 0 Å². The zero-order valence-electron chi connectivity index (χ0n) is 5.63. The summed E-state index contributed by atoms with van der Waals surface area (Å²) in [6.45, 7) is 0.838. The molecule has 0 saturated carbocycles. The maximum atomic E-state index is 10.9. The van der Waals surface area contributed by atoms with E-state index in [2.05, 4.69) is 10.2 Å². The second kappa shape index (κ2) is 1.97. The minimum absolute atomic E-state index is 0.0605. The molecule has 1 aliphatic heterocycles. The van der Waals surface area contributed by atoms with E-state index in [1.165, 1.54) is 0 Å². The molecular formula is C6H9N3O. The molecular weight excluding hydrogens is 130 g/mol. The first kappa shape index (κ1) is 5.70. The molecule has 0 amide bonds. The number of hydrogen-bond donors (Lipinski definition) is 1. The molecule has 0 atom stereocenters. The smallest absolute Gasteiger partial charge is 0.279 e. The van der Waals surface area contributed by atoms with Gasteiger partial charge in [-0.3, -0.25) is 4.57 Å². The third-order valence-corrected chi connectivity index (χ3v) is 1.87. The van der Waals surface area contributed by atoms with Crippen LogP contribution in [0.5, 0.6) is 0 Å². The number of aromatic nitrogens is 3. The van der Waals surface area contributed by atoms with Crippen LogP contribution in [0, 0.1) is 0 Å². The molecule has 0 saturated heterocycles. The van der Waals surface area contributed by atoms with Gasteiger partial charge in [0, 0.05) is 13.0 Å². The van der Waals surface area contributed by atoms with Gasteiger partial charge in [0.05, 0.1) is 0 Å². The van der Waals surface area contributed by atoms with Crippen molar-refractivity contribution < 1.29 is 0 Å². The average Bonchev–Trinajstić information content (AvgIpc) is 2.34. The van der Waals surface area contributed by atoms with E-state index in [0.29, 0.717) is 0 Å². The number of rotatable bonds is 0. The van der Waals surface area contributed by atoms with Gasteiger partial charge in [0.1, 0.15) is 5.82 Å². The Morgan fingerprint density at radius 3 is 3.20 bits per heavy atom. The van der Waals surface area contributed by atoms with Crippen LogP contribution >= 0.6 is 0 Å². The monoisotopic (exact) mass is 139 g/mol. The third kappa shape index (κ3) is 0.683. The Bertz CT molecular complexity index is 285. The van der Waals surface area contributed by atoms with Gasteiger partial charge >= 0.3 is 5.69 Å². The van der Waals surface area contributed by atoms with Gasteiger partial charge in [0.25, 0.3) is 0 Å². The van der Waals surface area contributed by atoms with Crippen molar-refractivity contribution in [1.29, 1.82) is 0 Å². The summed E-state index contributed by atoms with van der Waals surface area (Å²) < 4.78 is 1.71. The Morgan fingerprint density at radius 2 is 2.40 bits per heavy atom. The molecule has 2 rings (SSSR count). The summed E-state index contributed by atoms with van der Waals surface area (Å²) in [6.07, 6.45) is 3.20. The van der Waals surface area contributed by atoms with Crippen molar-refractivity contribution in [3.8, 4) is 0 Å². The third-order valence-electron chi connectivity index (χ3n) is 1.87. The summed E-state index contributed by atoms with van der Waals surface area (Å²) in [5.74, 6) is 0.913. The molecule has 1 N–H and O–H groups in total. The molecule has 1 aromatic rings. The maximum Gasteiger partial charge on any atom is 0.343 e. The lowest BCUT2D eigenvalue weighted by molar-refractivity contribution is 0.512. The minimum Gasteiger partial charge on any atom is -0.279 e. The highest BCUT2D eigenvalue weighted by Gasteiger charge is 2.11. The molecule has 0 radical (unpaired) electrons. The summed E-state index contributed by atoms with van der Waals surface area (Å²) in [7, 11) is 0. The van der Waals surface area contributed by atoms with Crippen LogP contribution in [0.3, 0.4) is 0 Å². The van der Waals surface area contributed by atoms with E-state index in [9.17, 15) is 4.79 Å². The Labute approximate surface area is 57.9 Å². The second-order valence-corrected chi connectivity index (χ2v) is 2.55. The van der Waals surface area contributed by atoms with Gasteiger partial charge in [0.2, 0.25) is 0 Å². The van der Waals surface area contributed by atoms with Gasteiger partial charge in [-0.25, -0.2) is 9.89 Å². The molecule has 0 spiro atoms. The summed E-state index contributed by atoms with van der Waals surface area (Å²) in [5, 5.41) is 6.32. The van der Waals surface area contributed by atoms with Crippen LogP contribution in [0.25, 0.3) is 0 Å². The van der Waals surface area contributed by atoms with E-state index in [0.717, 1.165) is 31.6 Å². The predicted molar refractivity (Wildman–Crippen MR) is 35.8 cm³/mol. The lowest BCUT2D eigenvalue weighted by Gasteiger charge is -2.09. The average molecular weight is 139 g/mol. The minimum atomic E-state index is -0.0605. The van der Waals surface area contributed by atoms with E-state index in [-0.39, 0.29) is 5.69 Å². The molecule has 0 bridgehead atoms. The molecule has 4 heteroatoms. The number of H-pyrrole nitrogens is 1. The first-order valence-electron chi connectivity index (χ1n) is 3.52. The second-order valence-electron chi connectivity index (χ2n) is 2.55. The van der Waals surface area contributed by atoms with Crippen LogP contribution in [0.15, 0.2) is 4.79 Å². The highest BCUT2D eigenvalue weighted by molar-refractivity contribution is 4.89. The fraction of sp³-hybridized carbons (Fsp3) is 0.667. The first-order chi connectivity index (χ1) is 4.88. The summed E-state index contributed by atoms with van der Waals surface area (Å²) >= 11 is 0. The van der Waals surface area contributed by atoms with E-state index < -0.39 is 0 Å². The first-order valence-corrected chi connectivity index (χ1v) is 3.52. The lowest BCUT2D eigenvalue weighted by Crippen LogP contribution is -2.21. The van der Waals surface area contributed by atoms with Gasteiger partial charge in [0.15, 0.2) is 0 Å². The zero-order chi connectivity index (χ0) is 6.97. The molecule has 0 aliphatic carbocycles. The van der Waals surface area contributed by atoms with Crippen molar-refractivity contribution in [2.24, 2.45) is 0 Å². The maximum absolute atomic E-state index is 10.9.